The van der Waals surface area contributed by atoms with Gasteiger partial charge >= 0.3 is 0 Å². The van der Waals surface area contributed by atoms with Gasteiger partial charge in [-0.3, -0.25) is 0 Å². The van der Waals surface area contributed by atoms with Gasteiger partial charge in [0.2, 0.25) is 6.54 Å². The lowest BCUT2D eigenvalue weighted by Crippen LogP contribution is -1.82. The van der Waals surface area contributed by atoms with Crippen LogP contribution >= 0.6 is 11.3 Å². The lowest BCUT2D eigenvalue weighted by Gasteiger charge is -1.87. The second-order valence-electron chi connectivity index (χ2n) is 3.15. The normalized spacial score (nSPS) is 14.2. The maximum atomic E-state index is 6.70. The molecule has 0 spiro atoms. The number of thiophene rings is 1. The Bertz CT molecular complexity index is 298. The van der Waals surface area contributed by atoms with Gasteiger partial charge in [0.05, 0.1) is 6.42 Å². The predicted octanol–water partition coefficient (Wildman–Crippen LogP) is 2.70. The lowest BCUT2D eigenvalue weighted by molar-refractivity contribution is 0.913. The molecular formula is C10H11NS. The van der Waals surface area contributed by atoms with E-state index in [4.69, 9.17) is 6.57 Å². The molecule has 0 aliphatic heterocycles. The van der Waals surface area contributed by atoms with Gasteiger partial charge in [-0.05, 0) is 30.9 Å². The number of aryl methyl sites for hydroxylation is 2. The van der Waals surface area contributed by atoms with E-state index in [0.717, 1.165) is 6.42 Å². The highest BCUT2D eigenvalue weighted by Crippen LogP contribution is 2.30. The van der Waals surface area contributed by atoms with Crippen molar-refractivity contribution in [2.75, 3.05) is 6.54 Å². The summed E-state index contributed by atoms with van der Waals surface area (Å²) >= 11 is 1.92. The zero-order valence-electron chi connectivity index (χ0n) is 6.97. The van der Waals surface area contributed by atoms with Crippen LogP contribution in [0.15, 0.2) is 6.07 Å². The van der Waals surface area contributed by atoms with Crippen LogP contribution in [-0.2, 0) is 19.3 Å². The van der Waals surface area contributed by atoms with Crippen LogP contribution in [0.3, 0.4) is 0 Å². The van der Waals surface area contributed by atoms with Crippen LogP contribution in [-0.4, -0.2) is 6.54 Å². The van der Waals surface area contributed by atoms with Gasteiger partial charge in [0.25, 0.3) is 0 Å². The fraction of sp³-hybridized carbons (Fsp3) is 0.500. The number of hydrogen-bond donors (Lipinski definition) is 0. The summed E-state index contributed by atoms with van der Waals surface area (Å²) in [4.78, 5) is 6.36. The Kier molecular flexibility index (Phi) is 2.14. The van der Waals surface area contributed by atoms with Gasteiger partial charge in [0, 0.05) is 9.75 Å². The zero-order valence-corrected chi connectivity index (χ0v) is 7.78. The molecule has 1 aliphatic rings. The Morgan fingerprint density at radius 2 is 2.42 bits per heavy atom. The van der Waals surface area contributed by atoms with Gasteiger partial charge in [-0.1, -0.05) is 0 Å². The highest BCUT2D eigenvalue weighted by molar-refractivity contribution is 7.12. The van der Waals surface area contributed by atoms with Crippen molar-refractivity contribution in [1.29, 1.82) is 0 Å². The number of nitrogens with zero attached hydrogens (tertiary/aromatic N) is 1. The van der Waals surface area contributed by atoms with E-state index in [1.165, 1.54) is 24.1 Å². The molecule has 0 saturated carbocycles. The van der Waals surface area contributed by atoms with Crippen molar-refractivity contribution >= 4 is 11.3 Å². The van der Waals surface area contributed by atoms with Crippen LogP contribution in [0.1, 0.15) is 21.7 Å². The first-order chi connectivity index (χ1) is 5.90. The van der Waals surface area contributed by atoms with Crippen LogP contribution in [0, 0.1) is 6.57 Å². The molecule has 0 atom stereocenters. The molecule has 1 heterocycles. The summed E-state index contributed by atoms with van der Waals surface area (Å²) < 4.78 is 0. The third-order valence-electron chi connectivity index (χ3n) is 2.27. The lowest BCUT2D eigenvalue weighted by atomic mass is 10.2. The summed E-state index contributed by atoms with van der Waals surface area (Å²) in [6.07, 6.45) is 4.84. The molecule has 1 aliphatic carbocycles. The smallest absolute Gasteiger partial charge is 0.219 e. The van der Waals surface area contributed by atoms with E-state index < -0.39 is 0 Å². The monoisotopic (exact) mass is 177 g/mol. The highest BCUT2D eigenvalue weighted by Gasteiger charge is 2.14. The molecule has 1 aromatic rings. The molecule has 0 bridgehead atoms. The third-order valence-corrected chi connectivity index (χ3v) is 3.56. The van der Waals surface area contributed by atoms with Crippen molar-refractivity contribution < 1.29 is 0 Å². The molecule has 1 nitrogen and oxygen atoms in total. The van der Waals surface area contributed by atoms with Crippen LogP contribution < -0.4 is 0 Å². The maximum absolute atomic E-state index is 6.70. The van der Waals surface area contributed by atoms with Gasteiger partial charge in [0.1, 0.15) is 0 Å². The molecule has 2 rings (SSSR count). The van der Waals surface area contributed by atoms with E-state index in [0.29, 0.717) is 6.54 Å². The summed E-state index contributed by atoms with van der Waals surface area (Å²) in [5, 5.41) is 0. The first-order valence-corrected chi connectivity index (χ1v) is 5.15. The third kappa shape index (κ3) is 1.37. The fourth-order valence-electron chi connectivity index (χ4n) is 1.68. The minimum absolute atomic E-state index is 0.652. The van der Waals surface area contributed by atoms with Gasteiger partial charge in [-0.15, -0.1) is 11.3 Å². The molecule has 0 amide bonds. The molecular weight excluding hydrogens is 166 g/mol. The fourth-order valence-corrected chi connectivity index (χ4v) is 2.93. The van der Waals surface area contributed by atoms with Crippen molar-refractivity contribution in [3.05, 3.63) is 32.8 Å². The van der Waals surface area contributed by atoms with Crippen LogP contribution in [0.2, 0.25) is 0 Å². The summed E-state index contributed by atoms with van der Waals surface area (Å²) in [6.45, 7) is 7.35. The SMILES string of the molecule is [C-]#[N+]CCc1cc2c(s1)CCC2. The second-order valence-corrected chi connectivity index (χ2v) is 4.37. The summed E-state index contributed by atoms with van der Waals surface area (Å²) in [5.41, 5.74) is 1.56. The van der Waals surface area contributed by atoms with E-state index in [1.54, 1.807) is 10.4 Å². The van der Waals surface area contributed by atoms with E-state index in [-0.39, 0.29) is 0 Å². The van der Waals surface area contributed by atoms with Crippen molar-refractivity contribution in [3.8, 4) is 0 Å². The predicted molar refractivity (Wildman–Crippen MR) is 51.5 cm³/mol. The molecule has 0 aromatic carbocycles. The topological polar surface area (TPSA) is 4.36 Å². The van der Waals surface area contributed by atoms with Crippen molar-refractivity contribution in [2.45, 2.75) is 25.7 Å². The summed E-state index contributed by atoms with van der Waals surface area (Å²) in [5.74, 6) is 0. The molecule has 0 saturated heterocycles. The van der Waals surface area contributed by atoms with Gasteiger partial charge < -0.3 is 4.85 Å². The van der Waals surface area contributed by atoms with Gasteiger partial charge in [-0.2, -0.15) is 0 Å². The van der Waals surface area contributed by atoms with Crippen LogP contribution in [0.4, 0.5) is 0 Å². The number of rotatable bonds is 2. The Hall–Kier alpha value is -0.810. The molecule has 62 valence electrons. The van der Waals surface area contributed by atoms with Gasteiger partial charge in [-0.25, -0.2) is 6.57 Å². The first-order valence-electron chi connectivity index (χ1n) is 4.34. The van der Waals surface area contributed by atoms with E-state index >= 15 is 0 Å². The van der Waals surface area contributed by atoms with Crippen molar-refractivity contribution in [1.82, 2.24) is 0 Å². The summed E-state index contributed by atoms with van der Waals surface area (Å²) in [7, 11) is 0. The van der Waals surface area contributed by atoms with Crippen molar-refractivity contribution in [2.24, 2.45) is 0 Å². The van der Waals surface area contributed by atoms with E-state index in [9.17, 15) is 0 Å². The molecule has 2 heteroatoms. The Labute approximate surface area is 76.9 Å². The zero-order chi connectivity index (χ0) is 8.39. The second kappa shape index (κ2) is 3.28. The molecule has 0 fully saturated rings. The average Bonchev–Trinajstić information content (AvgIpc) is 2.58. The minimum Gasteiger partial charge on any atom is -0.317 e. The van der Waals surface area contributed by atoms with Crippen LogP contribution in [0.5, 0.6) is 0 Å². The standard InChI is InChI=1S/C10H11NS/c1-11-6-5-9-7-8-3-2-4-10(8)12-9/h7H,2-6H2. The molecule has 1 aromatic heterocycles. The van der Waals surface area contributed by atoms with Crippen molar-refractivity contribution in [3.63, 3.8) is 0 Å². The Morgan fingerprint density at radius 1 is 1.50 bits per heavy atom. The van der Waals surface area contributed by atoms with E-state index in [1.807, 2.05) is 11.3 Å². The average molecular weight is 177 g/mol. The number of hydrogen-bond acceptors (Lipinski definition) is 1. The highest BCUT2D eigenvalue weighted by atomic mass is 32.1. The van der Waals surface area contributed by atoms with Gasteiger partial charge in [0.15, 0.2) is 0 Å². The molecule has 12 heavy (non-hydrogen) atoms. The quantitative estimate of drug-likeness (QED) is 0.612. The maximum Gasteiger partial charge on any atom is 0.219 e. The Balaban J connectivity index is 2.11. The molecule has 0 radical (unpaired) electrons. The molecule has 0 N–H and O–H groups in total. The summed E-state index contributed by atoms with van der Waals surface area (Å²) in [6, 6.07) is 2.30. The molecule has 0 unspecified atom stereocenters. The first kappa shape index (κ1) is 7.82. The largest absolute Gasteiger partial charge is 0.317 e. The minimum atomic E-state index is 0.652. The number of fused-ring (bicyclic) bond motifs is 1. The Morgan fingerprint density at radius 3 is 3.17 bits per heavy atom. The van der Waals surface area contributed by atoms with E-state index in [2.05, 4.69) is 10.9 Å². The van der Waals surface area contributed by atoms with Crippen LogP contribution in [0.25, 0.3) is 4.85 Å².